The molecule has 1 saturated heterocycles. The number of hydrogen-bond acceptors (Lipinski definition) is 5. The third-order valence-electron chi connectivity index (χ3n) is 4.59. The van der Waals surface area contributed by atoms with Crippen molar-refractivity contribution >= 4 is 5.96 Å². The van der Waals surface area contributed by atoms with Gasteiger partial charge >= 0.3 is 0 Å². The first-order valence-electron chi connectivity index (χ1n) is 10.7. The van der Waals surface area contributed by atoms with Crippen molar-refractivity contribution in [3.05, 3.63) is 23.8 Å². The van der Waals surface area contributed by atoms with Crippen LogP contribution in [-0.2, 0) is 16.0 Å². The summed E-state index contributed by atoms with van der Waals surface area (Å²) < 4.78 is 22.3. The van der Waals surface area contributed by atoms with E-state index < -0.39 is 0 Å². The number of hydrogen-bond donors (Lipinski definition) is 2. The maximum Gasteiger partial charge on any atom is 0.191 e. The van der Waals surface area contributed by atoms with E-state index in [-0.39, 0.29) is 0 Å². The van der Waals surface area contributed by atoms with Crippen LogP contribution in [0.3, 0.4) is 0 Å². The summed E-state index contributed by atoms with van der Waals surface area (Å²) in [7, 11) is 1.66. The highest BCUT2D eigenvalue weighted by Gasteiger charge is 2.15. The lowest BCUT2D eigenvalue weighted by molar-refractivity contribution is 0.0888. The predicted octanol–water partition coefficient (Wildman–Crippen LogP) is 2.98. The standard InChI is InChI=1S/C22H37N3O4/c1-4-11-29-20-8-7-18(14-21(20)26-3)15-25-22(23-5-2)24-10-6-12-27-16-19-9-13-28-17-19/h7-8,14,19H,4-6,9-13,15-17H2,1-3H3,(H2,23,24,25). The van der Waals surface area contributed by atoms with Crippen LogP contribution in [-0.4, -0.2) is 59.2 Å². The molecule has 1 aliphatic heterocycles. The van der Waals surface area contributed by atoms with Gasteiger partial charge in [0.2, 0.25) is 0 Å². The molecule has 0 bridgehead atoms. The second kappa shape index (κ2) is 14.1. The first-order valence-corrected chi connectivity index (χ1v) is 10.7. The maximum absolute atomic E-state index is 5.75. The molecule has 7 nitrogen and oxygen atoms in total. The van der Waals surface area contributed by atoms with Gasteiger partial charge < -0.3 is 29.6 Å². The van der Waals surface area contributed by atoms with Crippen LogP contribution in [0.25, 0.3) is 0 Å². The average molecular weight is 408 g/mol. The van der Waals surface area contributed by atoms with E-state index in [0.29, 0.717) is 19.1 Å². The third-order valence-corrected chi connectivity index (χ3v) is 4.59. The van der Waals surface area contributed by atoms with Gasteiger partial charge in [0.25, 0.3) is 0 Å². The molecule has 1 heterocycles. The number of guanidine groups is 1. The second-order valence-corrected chi connectivity index (χ2v) is 7.11. The van der Waals surface area contributed by atoms with E-state index in [9.17, 15) is 0 Å². The minimum Gasteiger partial charge on any atom is -0.493 e. The Balaban J connectivity index is 1.75. The number of rotatable bonds is 13. The molecule has 0 amide bonds. The maximum atomic E-state index is 5.75. The minimum atomic E-state index is 0.567. The Morgan fingerprint density at radius 1 is 1.21 bits per heavy atom. The van der Waals surface area contributed by atoms with Crippen LogP contribution in [0.1, 0.15) is 38.7 Å². The SMILES string of the molecule is CCCOc1ccc(CN=C(NCC)NCCCOCC2CCOC2)cc1OC. The lowest BCUT2D eigenvalue weighted by Gasteiger charge is -2.13. The van der Waals surface area contributed by atoms with Gasteiger partial charge in [-0.1, -0.05) is 13.0 Å². The second-order valence-electron chi connectivity index (χ2n) is 7.11. The highest BCUT2D eigenvalue weighted by molar-refractivity contribution is 5.79. The first-order chi connectivity index (χ1) is 14.3. The largest absolute Gasteiger partial charge is 0.493 e. The molecule has 2 rings (SSSR count). The zero-order chi connectivity index (χ0) is 20.7. The van der Waals surface area contributed by atoms with Gasteiger partial charge in [-0.05, 0) is 43.9 Å². The number of nitrogens with zero attached hydrogens (tertiary/aromatic N) is 1. The topological polar surface area (TPSA) is 73.3 Å². The third kappa shape index (κ3) is 8.92. The van der Waals surface area contributed by atoms with E-state index in [0.717, 1.165) is 81.8 Å². The number of ether oxygens (including phenoxy) is 4. The van der Waals surface area contributed by atoms with Gasteiger partial charge in [0.05, 0.1) is 33.5 Å². The molecule has 2 N–H and O–H groups in total. The van der Waals surface area contributed by atoms with Crippen molar-refractivity contribution in [2.24, 2.45) is 10.9 Å². The van der Waals surface area contributed by atoms with Gasteiger partial charge in [0.1, 0.15) is 0 Å². The van der Waals surface area contributed by atoms with Gasteiger partial charge in [-0.3, -0.25) is 0 Å². The summed E-state index contributed by atoms with van der Waals surface area (Å²) in [6.07, 6.45) is 3.02. The molecule has 1 aromatic rings. The van der Waals surface area contributed by atoms with Crippen LogP contribution in [0.15, 0.2) is 23.2 Å². The van der Waals surface area contributed by atoms with Crippen molar-refractivity contribution in [3.63, 3.8) is 0 Å². The molecule has 1 atom stereocenters. The summed E-state index contributed by atoms with van der Waals surface area (Å²) in [5, 5.41) is 6.65. The van der Waals surface area contributed by atoms with Crippen LogP contribution in [0, 0.1) is 5.92 Å². The van der Waals surface area contributed by atoms with Crippen LogP contribution >= 0.6 is 0 Å². The Morgan fingerprint density at radius 3 is 2.83 bits per heavy atom. The smallest absolute Gasteiger partial charge is 0.191 e. The van der Waals surface area contributed by atoms with Crippen LogP contribution in [0.5, 0.6) is 11.5 Å². The average Bonchev–Trinajstić information content (AvgIpc) is 3.26. The molecule has 0 aromatic heterocycles. The van der Waals surface area contributed by atoms with Crippen molar-refractivity contribution in [2.75, 3.05) is 53.2 Å². The molecule has 0 aliphatic carbocycles. The zero-order valence-corrected chi connectivity index (χ0v) is 18.2. The van der Waals surface area contributed by atoms with Gasteiger partial charge in [-0.15, -0.1) is 0 Å². The van der Waals surface area contributed by atoms with E-state index in [1.807, 2.05) is 18.2 Å². The Hall–Kier alpha value is -1.99. The number of nitrogens with one attached hydrogen (secondary N) is 2. The zero-order valence-electron chi connectivity index (χ0n) is 18.2. The molecule has 29 heavy (non-hydrogen) atoms. The van der Waals surface area contributed by atoms with Gasteiger partial charge in [0.15, 0.2) is 17.5 Å². The molecule has 1 aliphatic rings. The minimum absolute atomic E-state index is 0.567. The van der Waals surface area contributed by atoms with Gasteiger partial charge in [-0.25, -0.2) is 4.99 Å². The van der Waals surface area contributed by atoms with Crippen molar-refractivity contribution in [1.82, 2.24) is 10.6 Å². The Morgan fingerprint density at radius 2 is 2.10 bits per heavy atom. The van der Waals surface area contributed by atoms with E-state index in [1.165, 1.54) is 0 Å². The Kier molecular flexibility index (Phi) is 11.3. The molecule has 7 heteroatoms. The van der Waals surface area contributed by atoms with E-state index in [2.05, 4.69) is 29.5 Å². The van der Waals surface area contributed by atoms with Crippen molar-refractivity contribution in [3.8, 4) is 11.5 Å². The first kappa shape index (κ1) is 23.3. The molecular formula is C22H37N3O4. The van der Waals surface area contributed by atoms with E-state index >= 15 is 0 Å². The number of benzene rings is 1. The van der Waals surface area contributed by atoms with Crippen molar-refractivity contribution in [2.45, 2.75) is 39.7 Å². The number of aliphatic imine (C=N–C) groups is 1. The van der Waals surface area contributed by atoms with Crippen molar-refractivity contribution < 1.29 is 18.9 Å². The molecule has 0 radical (unpaired) electrons. The highest BCUT2D eigenvalue weighted by Crippen LogP contribution is 2.28. The molecule has 1 aromatic carbocycles. The summed E-state index contributed by atoms with van der Waals surface area (Å²) in [5.74, 6) is 2.89. The normalized spacial score (nSPS) is 16.7. The molecule has 164 valence electrons. The summed E-state index contributed by atoms with van der Waals surface area (Å²) in [6, 6.07) is 5.96. The number of methoxy groups -OCH3 is 1. The lowest BCUT2D eigenvalue weighted by Crippen LogP contribution is -2.38. The van der Waals surface area contributed by atoms with Crippen LogP contribution in [0.2, 0.25) is 0 Å². The molecule has 1 unspecified atom stereocenters. The Bertz CT molecular complexity index is 604. The fraction of sp³-hybridized carbons (Fsp3) is 0.682. The van der Waals surface area contributed by atoms with Gasteiger partial charge in [-0.2, -0.15) is 0 Å². The molecule has 1 fully saturated rings. The molecule has 0 spiro atoms. The highest BCUT2D eigenvalue weighted by atomic mass is 16.5. The van der Waals surface area contributed by atoms with Crippen LogP contribution in [0.4, 0.5) is 0 Å². The summed E-state index contributed by atoms with van der Waals surface area (Å²) in [6.45, 7) is 10.3. The quantitative estimate of drug-likeness (QED) is 0.298. The van der Waals surface area contributed by atoms with Crippen LogP contribution < -0.4 is 20.1 Å². The fourth-order valence-corrected chi connectivity index (χ4v) is 3.00. The van der Waals surface area contributed by atoms with Gasteiger partial charge in [0, 0.05) is 32.2 Å². The summed E-state index contributed by atoms with van der Waals surface area (Å²) >= 11 is 0. The molecular weight excluding hydrogens is 370 g/mol. The van der Waals surface area contributed by atoms with Crippen molar-refractivity contribution in [1.29, 1.82) is 0 Å². The summed E-state index contributed by atoms with van der Waals surface area (Å²) in [4.78, 5) is 4.67. The lowest BCUT2D eigenvalue weighted by atomic mass is 10.1. The van der Waals surface area contributed by atoms with E-state index in [4.69, 9.17) is 18.9 Å². The monoisotopic (exact) mass is 407 g/mol. The fourth-order valence-electron chi connectivity index (χ4n) is 3.00. The molecule has 0 saturated carbocycles. The predicted molar refractivity (Wildman–Crippen MR) is 116 cm³/mol. The summed E-state index contributed by atoms with van der Waals surface area (Å²) in [5.41, 5.74) is 1.07. The Labute approximate surface area is 175 Å². The van der Waals surface area contributed by atoms with E-state index in [1.54, 1.807) is 7.11 Å².